The van der Waals surface area contributed by atoms with Crippen LogP contribution >= 0.6 is 15.9 Å². The molecule has 4 nitrogen and oxygen atoms in total. The monoisotopic (exact) mass is 347 g/mol. The van der Waals surface area contributed by atoms with Crippen LogP contribution in [-0.2, 0) is 13.0 Å². The van der Waals surface area contributed by atoms with Gasteiger partial charge in [-0.15, -0.1) is 0 Å². The van der Waals surface area contributed by atoms with E-state index in [-0.39, 0.29) is 0 Å². The average molecular weight is 348 g/mol. The molecule has 110 valence electrons. The van der Waals surface area contributed by atoms with Gasteiger partial charge in [0, 0.05) is 24.6 Å². The van der Waals surface area contributed by atoms with Crippen molar-refractivity contribution in [2.45, 2.75) is 26.3 Å². The Morgan fingerprint density at radius 2 is 2.14 bits per heavy atom. The normalized spacial score (nSPS) is 14.3. The molecule has 0 aliphatic carbocycles. The number of benzene rings is 1. The molecule has 0 amide bonds. The summed E-state index contributed by atoms with van der Waals surface area (Å²) in [5.41, 5.74) is 1.20. The van der Waals surface area contributed by atoms with Gasteiger partial charge in [0.2, 0.25) is 0 Å². The predicted molar refractivity (Wildman–Crippen MR) is 86.7 cm³/mol. The van der Waals surface area contributed by atoms with Crippen molar-refractivity contribution in [1.82, 2.24) is 9.97 Å². The zero-order valence-corrected chi connectivity index (χ0v) is 13.6. The molecule has 0 radical (unpaired) electrons. The van der Waals surface area contributed by atoms with Crippen molar-refractivity contribution < 1.29 is 4.74 Å². The molecule has 0 atom stereocenters. The highest BCUT2D eigenvalue weighted by Gasteiger charge is 2.17. The van der Waals surface area contributed by atoms with Gasteiger partial charge in [0.15, 0.2) is 0 Å². The first-order valence-electron chi connectivity index (χ1n) is 7.25. The number of hydrogen-bond donors (Lipinski definition) is 0. The number of hydrogen-bond acceptors (Lipinski definition) is 4. The third-order valence-corrected chi connectivity index (χ3v) is 3.88. The summed E-state index contributed by atoms with van der Waals surface area (Å²) in [6.45, 7) is 4.44. The molecule has 1 aromatic heterocycles. The van der Waals surface area contributed by atoms with E-state index in [1.54, 1.807) is 0 Å². The van der Waals surface area contributed by atoms with Crippen molar-refractivity contribution in [1.29, 1.82) is 0 Å². The highest BCUT2D eigenvalue weighted by molar-refractivity contribution is 9.10. The molecule has 2 aromatic rings. The lowest BCUT2D eigenvalue weighted by Crippen LogP contribution is -2.26. The van der Waals surface area contributed by atoms with Gasteiger partial charge in [-0.25, -0.2) is 9.97 Å². The van der Waals surface area contributed by atoms with Gasteiger partial charge in [0.1, 0.15) is 28.6 Å². The zero-order chi connectivity index (χ0) is 14.7. The second-order valence-electron chi connectivity index (χ2n) is 5.09. The minimum absolute atomic E-state index is 0.668. The second kappa shape index (κ2) is 6.43. The zero-order valence-electron chi connectivity index (χ0n) is 12.1. The van der Waals surface area contributed by atoms with Gasteiger partial charge < -0.3 is 9.64 Å². The molecule has 3 rings (SSSR count). The molecule has 0 spiro atoms. The smallest absolute Gasteiger partial charge is 0.133 e. The lowest BCUT2D eigenvalue weighted by Gasteiger charge is -2.21. The first-order valence-corrected chi connectivity index (χ1v) is 8.04. The molecule has 21 heavy (non-hydrogen) atoms. The average Bonchev–Trinajstić information content (AvgIpc) is 2.69. The van der Waals surface area contributed by atoms with Gasteiger partial charge in [-0.2, -0.15) is 0 Å². The minimum Gasteiger partial charge on any atom is -0.491 e. The van der Waals surface area contributed by atoms with Crippen molar-refractivity contribution >= 4 is 21.7 Å². The number of fused-ring (bicyclic) bond motifs is 1. The predicted octanol–water partition coefficient (Wildman–Crippen LogP) is 3.59. The van der Waals surface area contributed by atoms with E-state index in [0.717, 1.165) is 47.9 Å². The Morgan fingerprint density at radius 3 is 3.00 bits per heavy atom. The van der Waals surface area contributed by atoms with E-state index in [2.05, 4.69) is 38.8 Å². The van der Waals surface area contributed by atoms with Crippen molar-refractivity contribution in [3.8, 4) is 5.75 Å². The number of halogens is 1. The molecular formula is C16H18BrN3O. The summed E-state index contributed by atoms with van der Waals surface area (Å²) in [6, 6.07) is 10.2. The van der Waals surface area contributed by atoms with Gasteiger partial charge in [-0.1, -0.05) is 25.1 Å². The number of ether oxygens (including phenoxy) is 1. The third kappa shape index (κ3) is 3.35. The fourth-order valence-electron chi connectivity index (χ4n) is 2.47. The topological polar surface area (TPSA) is 38.2 Å². The second-order valence-corrected chi connectivity index (χ2v) is 5.91. The molecule has 0 bridgehead atoms. The minimum atomic E-state index is 0.668. The molecule has 1 aliphatic rings. The van der Waals surface area contributed by atoms with Crippen LogP contribution in [0.25, 0.3) is 0 Å². The van der Waals surface area contributed by atoms with Gasteiger partial charge in [-0.05, 0) is 28.4 Å². The van der Waals surface area contributed by atoms with E-state index in [0.29, 0.717) is 6.61 Å². The molecule has 0 saturated carbocycles. The van der Waals surface area contributed by atoms with E-state index in [1.165, 1.54) is 5.56 Å². The Balaban J connectivity index is 1.90. The number of aromatic nitrogens is 2. The van der Waals surface area contributed by atoms with E-state index in [4.69, 9.17) is 9.72 Å². The first kappa shape index (κ1) is 14.3. The number of aryl methyl sites for hydroxylation is 1. The number of rotatable bonds is 3. The molecule has 0 fully saturated rings. The highest BCUT2D eigenvalue weighted by Crippen LogP contribution is 2.26. The molecule has 5 heteroatoms. The van der Waals surface area contributed by atoms with Crippen molar-refractivity contribution in [2.24, 2.45) is 0 Å². The van der Waals surface area contributed by atoms with Gasteiger partial charge >= 0.3 is 0 Å². The summed E-state index contributed by atoms with van der Waals surface area (Å²) in [5.74, 6) is 2.82. The Hall–Kier alpha value is -1.62. The van der Waals surface area contributed by atoms with Crippen molar-refractivity contribution in [3.63, 3.8) is 0 Å². The maximum Gasteiger partial charge on any atom is 0.133 e. The van der Waals surface area contributed by atoms with Crippen LogP contribution in [0, 0.1) is 0 Å². The molecular weight excluding hydrogens is 330 g/mol. The van der Waals surface area contributed by atoms with E-state index >= 15 is 0 Å². The number of nitrogens with zero attached hydrogens (tertiary/aromatic N) is 3. The van der Waals surface area contributed by atoms with Crippen LogP contribution in [0.4, 0.5) is 5.82 Å². The molecule has 0 saturated heterocycles. The van der Waals surface area contributed by atoms with E-state index in [9.17, 15) is 0 Å². The summed E-state index contributed by atoms with van der Waals surface area (Å²) in [7, 11) is 0. The Labute approximate surface area is 133 Å². The number of para-hydroxylation sites is 1. The standard InChI is InChI=1S/C16H18BrN3O/c1-2-5-15-18-14(17)10-16(19-15)20-8-9-21-13-7-4-3-6-12(13)11-20/h3-4,6-7,10H,2,5,8-9,11H2,1H3. The summed E-state index contributed by atoms with van der Waals surface area (Å²) >= 11 is 3.49. The quantitative estimate of drug-likeness (QED) is 0.795. The largest absolute Gasteiger partial charge is 0.491 e. The highest BCUT2D eigenvalue weighted by atomic mass is 79.9. The lowest BCUT2D eigenvalue weighted by atomic mass is 10.2. The van der Waals surface area contributed by atoms with Gasteiger partial charge in [-0.3, -0.25) is 0 Å². The first-order chi connectivity index (χ1) is 10.3. The van der Waals surface area contributed by atoms with Crippen LogP contribution in [0.1, 0.15) is 24.7 Å². The summed E-state index contributed by atoms with van der Waals surface area (Å²) in [6.07, 6.45) is 1.94. The fourth-order valence-corrected chi connectivity index (χ4v) is 2.88. The van der Waals surface area contributed by atoms with Crippen LogP contribution in [0.5, 0.6) is 5.75 Å². The molecule has 0 N–H and O–H groups in total. The number of anilines is 1. The van der Waals surface area contributed by atoms with Crippen molar-refractivity contribution in [2.75, 3.05) is 18.1 Å². The Kier molecular flexibility index (Phi) is 4.39. The van der Waals surface area contributed by atoms with Gasteiger partial charge in [0.05, 0.1) is 6.54 Å². The summed E-state index contributed by atoms with van der Waals surface area (Å²) < 4.78 is 6.65. The Bertz CT molecular complexity index is 633. The Morgan fingerprint density at radius 1 is 1.29 bits per heavy atom. The van der Waals surface area contributed by atoms with Gasteiger partial charge in [0.25, 0.3) is 0 Å². The summed E-state index contributed by atoms with van der Waals surface area (Å²) in [5, 5.41) is 0. The van der Waals surface area contributed by atoms with Crippen LogP contribution < -0.4 is 9.64 Å². The van der Waals surface area contributed by atoms with Crippen LogP contribution in [0.2, 0.25) is 0 Å². The van der Waals surface area contributed by atoms with Crippen molar-refractivity contribution in [3.05, 3.63) is 46.3 Å². The lowest BCUT2D eigenvalue weighted by molar-refractivity contribution is 0.331. The molecule has 2 heterocycles. The van der Waals surface area contributed by atoms with E-state index in [1.807, 2.05) is 24.3 Å². The van der Waals surface area contributed by atoms with Crippen LogP contribution in [0.15, 0.2) is 34.9 Å². The maximum atomic E-state index is 5.81. The van der Waals surface area contributed by atoms with Crippen LogP contribution in [-0.4, -0.2) is 23.1 Å². The fraction of sp³-hybridized carbons (Fsp3) is 0.375. The van der Waals surface area contributed by atoms with E-state index < -0.39 is 0 Å². The van der Waals surface area contributed by atoms with Crippen LogP contribution in [0.3, 0.4) is 0 Å². The molecule has 1 aromatic carbocycles. The molecule has 1 aliphatic heterocycles. The SMILES string of the molecule is CCCc1nc(Br)cc(N2CCOc3ccccc3C2)n1. The third-order valence-electron chi connectivity index (χ3n) is 3.48. The maximum absolute atomic E-state index is 5.81. The molecule has 0 unspecified atom stereocenters. The summed E-state index contributed by atoms with van der Waals surface area (Å²) in [4.78, 5) is 11.4.